The fourth-order valence-electron chi connectivity index (χ4n) is 1.19. The van der Waals surface area contributed by atoms with E-state index in [2.05, 4.69) is 10.6 Å². The minimum Gasteiger partial charge on any atom is -0.399 e. The van der Waals surface area contributed by atoms with E-state index in [0.29, 0.717) is 5.69 Å². The summed E-state index contributed by atoms with van der Waals surface area (Å²) in [6.45, 7) is 5.74. The smallest absolute Gasteiger partial charge is 0.319 e. The molecule has 1 aromatic carbocycles. The third-order valence-electron chi connectivity index (χ3n) is 1.93. The van der Waals surface area contributed by atoms with Crippen molar-refractivity contribution >= 4 is 17.4 Å². The third kappa shape index (κ3) is 3.50. The first-order valence-electron chi connectivity index (χ1n) is 4.92. The van der Waals surface area contributed by atoms with Gasteiger partial charge in [-0.05, 0) is 38.5 Å². The molecule has 0 fully saturated rings. The SMILES string of the molecule is Cc1ccc(N)cc1NC(=O)NC(C)C. The normalized spacial score (nSPS) is 10.1. The van der Waals surface area contributed by atoms with Gasteiger partial charge in [0.05, 0.1) is 0 Å². The molecule has 82 valence electrons. The molecule has 0 aliphatic rings. The number of nitrogen functional groups attached to an aromatic ring is 1. The molecule has 1 aromatic rings. The lowest BCUT2D eigenvalue weighted by Gasteiger charge is -2.12. The molecule has 0 radical (unpaired) electrons. The van der Waals surface area contributed by atoms with E-state index in [-0.39, 0.29) is 12.1 Å². The largest absolute Gasteiger partial charge is 0.399 e. The Bertz CT molecular complexity index is 361. The number of hydrogen-bond donors (Lipinski definition) is 3. The molecular formula is C11H17N3O. The maximum Gasteiger partial charge on any atom is 0.319 e. The Morgan fingerprint density at radius 1 is 1.40 bits per heavy atom. The number of carbonyl (C=O) groups excluding carboxylic acids is 1. The summed E-state index contributed by atoms with van der Waals surface area (Å²) >= 11 is 0. The second-order valence-electron chi connectivity index (χ2n) is 3.83. The lowest BCUT2D eigenvalue weighted by Crippen LogP contribution is -2.34. The van der Waals surface area contributed by atoms with Crippen LogP contribution >= 0.6 is 0 Å². The zero-order valence-corrected chi connectivity index (χ0v) is 9.29. The van der Waals surface area contributed by atoms with Crippen molar-refractivity contribution in [1.29, 1.82) is 0 Å². The molecule has 0 spiro atoms. The van der Waals surface area contributed by atoms with Gasteiger partial charge in [0.1, 0.15) is 0 Å². The van der Waals surface area contributed by atoms with Crippen molar-refractivity contribution in [2.24, 2.45) is 0 Å². The monoisotopic (exact) mass is 207 g/mol. The number of hydrogen-bond acceptors (Lipinski definition) is 2. The second-order valence-corrected chi connectivity index (χ2v) is 3.83. The average Bonchev–Trinajstić information content (AvgIpc) is 2.10. The van der Waals surface area contributed by atoms with Crippen molar-refractivity contribution in [2.45, 2.75) is 26.8 Å². The van der Waals surface area contributed by atoms with Crippen LogP contribution in [-0.4, -0.2) is 12.1 Å². The molecule has 0 aliphatic carbocycles. The van der Waals surface area contributed by atoms with Crippen LogP contribution in [-0.2, 0) is 0 Å². The highest BCUT2D eigenvalue weighted by Crippen LogP contribution is 2.17. The van der Waals surface area contributed by atoms with Gasteiger partial charge in [0.15, 0.2) is 0 Å². The molecule has 2 amide bonds. The Morgan fingerprint density at radius 2 is 2.07 bits per heavy atom. The third-order valence-corrected chi connectivity index (χ3v) is 1.93. The van der Waals surface area contributed by atoms with Gasteiger partial charge in [-0.25, -0.2) is 4.79 Å². The van der Waals surface area contributed by atoms with Crippen molar-refractivity contribution in [3.63, 3.8) is 0 Å². The molecule has 0 bridgehead atoms. The predicted octanol–water partition coefficient (Wildman–Crippen LogP) is 2.11. The Morgan fingerprint density at radius 3 is 2.67 bits per heavy atom. The number of nitrogens with two attached hydrogens (primary N) is 1. The van der Waals surface area contributed by atoms with Crippen LogP contribution < -0.4 is 16.4 Å². The first kappa shape index (κ1) is 11.4. The topological polar surface area (TPSA) is 67.1 Å². The molecule has 4 nitrogen and oxygen atoms in total. The van der Waals surface area contributed by atoms with Crippen molar-refractivity contribution in [1.82, 2.24) is 5.32 Å². The summed E-state index contributed by atoms with van der Waals surface area (Å²) in [4.78, 5) is 11.4. The summed E-state index contributed by atoms with van der Waals surface area (Å²) in [6.07, 6.45) is 0. The van der Waals surface area contributed by atoms with Gasteiger partial charge in [0.25, 0.3) is 0 Å². The van der Waals surface area contributed by atoms with Crippen molar-refractivity contribution in [2.75, 3.05) is 11.1 Å². The molecule has 0 aliphatic heterocycles. The summed E-state index contributed by atoms with van der Waals surface area (Å²) < 4.78 is 0. The van der Waals surface area contributed by atoms with Gasteiger partial charge in [0.2, 0.25) is 0 Å². The summed E-state index contributed by atoms with van der Waals surface area (Å²) in [6, 6.07) is 5.33. The van der Waals surface area contributed by atoms with Gasteiger partial charge in [-0.15, -0.1) is 0 Å². The van der Waals surface area contributed by atoms with Gasteiger partial charge in [-0.2, -0.15) is 0 Å². The summed E-state index contributed by atoms with van der Waals surface area (Å²) in [5.41, 5.74) is 8.00. The average molecular weight is 207 g/mol. The van der Waals surface area contributed by atoms with Gasteiger partial charge < -0.3 is 16.4 Å². The van der Waals surface area contributed by atoms with E-state index in [1.165, 1.54) is 0 Å². The van der Waals surface area contributed by atoms with E-state index < -0.39 is 0 Å². The quantitative estimate of drug-likeness (QED) is 0.650. The number of carbonyl (C=O) groups is 1. The highest BCUT2D eigenvalue weighted by molar-refractivity contribution is 5.90. The van der Waals surface area contributed by atoms with Gasteiger partial charge >= 0.3 is 6.03 Å². The Balaban J connectivity index is 2.71. The molecule has 1 rings (SSSR count). The minimum absolute atomic E-state index is 0.117. The summed E-state index contributed by atoms with van der Waals surface area (Å²) in [5, 5.41) is 5.50. The molecule has 0 unspecified atom stereocenters. The number of benzene rings is 1. The number of urea groups is 1. The molecular weight excluding hydrogens is 190 g/mol. The first-order valence-corrected chi connectivity index (χ1v) is 4.92. The van der Waals surface area contributed by atoms with Gasteiger partial charge in [0, 0.05) is 17.4 Å². The Hall–Kier alpha value is -1.71. The maximum atomic E-state index is 11.4. The predicted molar refractivity (Wildman–Crippen MR) is 62.9 cm³/mol. The minimum atomic E-state index is -0.210. The fourth-order valence-corrected chi connectivity index (χ4v) is 1.19. The molecule has 4 heteroatoms. The number of anilines is 2. The Kier molecular flexibility index (Phi) is 3.55. The van der Waals surface area contributed by atoms with Crippen LogP contribution in [0.15, 0.2) is 18.2 Å². The van der Waals surface area contributed by atoms with Crippen LogP contribution in [0.2, 0.25) is 0 Å². The van der Waals surface area contributed by atoms with E-state index in [9.17, 15) is 4.79 Å². The van der Waals surface area contributed by atoms with Crippen LogP contribution in [0.1, 0.15) is 19.4 Å². The molecule has 0 aromatic heterocycles. The number of aryl methyl sites for hydroxylation is 1. The van der Waals surface area contributed by atoms with Crippen LogP contribution in [0.5, 0.6) is 0 Å². The van der Waals surface area contributed by atoms with Crippen LogP contribution in [0, 0.1) is 6.92 Å². The lowest BCUT2D eigenvalue weighted by atomic mass is 10.2. The van der Waals surface area contributed by atoms with E-state index in [4.69, 9.17) is 5.73 Å². The second kappa shape index (κ2) is 4.68. The highest BCUT2D eigenvalue weighted by atomic mass is 16.2. The van der Waals surface area contributed by atoms with Gasteiger partial charge in [-0.1, -0.05) is 6.07 Å². The fraction of sp³-hybridized carbons (Fsp3) is 0.364. The van der Waals surface area contributed by atoms with Crippen molar-refractivity contribution in [3.05, 3.63) is 23.8 Å². The van der Waals surface area contributed by atoms with Gasteiger partial charge in [-0.3, -0.25) is 0 Å². The standard InChI is InChI=1S/C11H17N3O/c1-7(2)13-11(15)14-10-6-9(12)5-4-8(10)3/h4-7H,12H2,1-3H3,(H2,13,14,15). The summed E-state index contributed by atoms with van der Waals surface area (Å²) in [7, 11) is 0. The molecule has 4 N–H and O–H groups in total. The van der Waals surface area contributed by atoms with Crippen LogP contribution in [0.4, 0.5) is 16.2 Å². The van der Waals surface area contributed by atoms with E-state index in [1.807, 2.05) is 26.8 Å². The highest BCUT2D eigenvalue weighted by Gasteiger charge is 2.05. The summed E-state index contributed by atoms with van der Waals surface area (Å²) in [5.74, 6) is 0. The number of amides is 2. The first-order chi connectivity index (χ1) is 6.99. The zero-order valence-electron chi connectivity index (χ0n) is 9.29. The number of nitrogens with one attached hydrogen (secondary N) is 2. The van der Waals surface area contributed by atoms with E-state index in [0.717, 1.165) is 11.3 Å². The Labute approximate surface area is 89.9 Å². The number of rotatable bonds is 2. The van der Waals surface area contributed by atoms with Crippen LogP contribution in [0.3, 0.4) is 0 Å². The molecule has 15 heavy (non-hydrogen) atoms. The molecule has 0 heterocycles. The van der Waals surface area contributed by atoms with Crippen molar-refractivity contribution < 1.29 is 4.79 Å². The molecule has 0 atom stereocenters. The molecule has 0 saturated carbocycles. The van der Waals surface area contributed by atoms with Crippen molar-refractivity contribution in [3.8, 4) is 0 Å². The maximum absolute atomic E-state index is 11.4. The molecule has 0 saturated heterocycles. The van der Waals surface area contributed by atoms with E-state index >= 15 is 0 Å². The van der Waals surface area contributed by atoms with E-state index in [1.54, 1.807) is 12.1 Å². The lowest BCUT2D eigenvalue weighted by molar-refractivity contribution is 0.250. The van der Waals surface area contributed by atoms with Crippen LogP contribution in [0.25, 0.3) is 0 Å². The zero-order chi connectivity index (χ0) is 11.4.